The molecule has 1 aliphatic heterocycles. The minimum Gasteiger partial charge on any atom is -0.466 e. The lowest BCUT2D eigenvalue weighted by molar-refractivity contribution is -0.149. The lowest BCUT2D eigenvalue weighted by atomic mass is 9.93. The number of benzene rings is 1. The minimum absolute atomic E-state index is 0.136. The Morgan fingerprint density at radius 1 is 1.03 bits per heavy atom. The van der Waals surface area contributed by atoms with Gasteiger partial charge in [-0.05, 0) is 62.8 Å². The van der Waals surface area contributed by atoms with Crippen molar-refractivity contribution in [3.8, 4) is 0 Å². The van der Waals surface area contributed by atoms with E-state index in [2.05, 4.69) is 36.1 Å². The molecule has 6 nitrogen and oxygen atoms in total. The van der Waals surface area contributed by atoms with Crippen molar-refractivity contribution in [1.29, 1.82) is 0 Å². The molecule has 0 spiro atoms. The van der Waals surface area contributed by atoms with Crippen LogP contribution in [0, 0.1) is 12.8 Å². The summed E-state index contributed by atoms with van der Waals surface area (Å²) in [4.78, 5) is 29.5. The van der Waals surface area contributed by atoms with Crippen LogP contribution in [0.25, 0.3) is 0 Å². The van der Waals surface area contributed by atoms with Crippen LogP contribution in [0.5, 0.6) is 0 Å². The molecule has 2 aromatic rings. The summed E-state index contributed by atoms with van der Waals surface area (Å²) >= 11 is 0. The van der Waals surface area contributed by atoms with Gasteiger partial charge in [-0.1, -0.05) is 43.5 Å². The van der Waals surface area contributed by atoms with E-state index >= 15 is 0 Å². The zero-order chi connectivity index (χ0) is 23.9. The van der Waals surface area contributed by atoms with Crippen LogP contribution in [0.4, 0.5) is 0 Å². The Bertz CT molecular complexity index is 963. The molecule has 1 aliphatic carbocycles. The molecule has 1 saturated heterocycles. The Balaban J connectivity index is 1.44. The maximum Gasteiger partial charge on any atom is 0.310 e. The number of rotatable bonds is 8. The predicted molar refractivity (Wildman–Crippen MR) is 131 cm³/mol. The number of furan rings is 1. The number of carbonyl (C=O) groups excluding carboxylic acids is 2. The maximum absolute atomic E-state index is 13.1. The average Bonchev–Trinajstić information content (AvgIpc) is 3.34. The quantitative estimate of drug-likeness (QED) is 0.492. The second kappa shape index (κ2) is 11.7. The van der Waals surface area contributed by atoms with Crippen molar-refractivity contribution in [2.24, 2.45) is 5.92 Å². The summed E-state index contributed by atoms with van der Waals surface area (Å²) in [6, 6.07) is 12.8. The maximum atomic E-state index is 13.1. The molecule has 0 radical (unpaired) electrons. The molecular weight excluding hydrogens is 428 g/mol. The largest absolute Gasteiger partial charge is 0.466 e. The summed E-state index contributed by atoms with van der Waals surface area (Å²) in [5.74, 6) is 0.589. The van der Waals surface area contributed by atoms with E-state index in [1.165, 1.54) is 43.2 Å². The minimum atomic E-state index is -0.247. The number of esters is 1. The fourth-order valence-electron chi connectivity index (χ4n) is 5.31. The number of ether oxygens (including phenoxy) is 1. The third kappa shape index (κ3) is 6.09. The van der Waals surface area contributed by atoms with Gasteiger partial charge in [0, 0.05) is 25.7 Å². The van der Waals surface area contributed by atoms with Crippen molar-refractivity contribution in [1.82, 2.24) is 9.80 Å². The summed E-state index contributed by atoms with van der Waals surface area (Å²) in [5.41, 5.74) is 2.65. The number of piperidine rings is 1. The molecule has 4 rings (SSSR count). The highest BCUT2D eigenvalue weighted by atomic mass is 16.5. The fourth-order valence-corrected chi connectivity index (χ4v) is 5.31. The van der Waals surface area contributed by atoms with Gasteiger partial charge < -0.3 is 14.1 Å². The molecule has 1 aromatic heterocycles. The summed E-state index contributed by atoms with van der Waals surface area (Å²) in [5, 5.41) is 0. The highest BCUT2D eigenvalue weighted by molar-refractivity contribution is 5.92. The molecule has 184 valence electrons. The van der Waals surface area contributed by atoms with Gasteiger partial charge in [-0.3, -0.25) is 14.5 Å². The predicted octanol–water partition coefficient (Wildman–Crippen LogP) is 5.34. The van der Waals surface area contributed by atoms with Gasteiger partial charge in [-0.25, -0.2) is 0 Å². The second-order valence-corrected chi connectivity index (χ2v) is 9.73. The van der Waals surface area contributed by atoms with Crippen LogP contribution in [-0.2, 0) is 22.6 Å². The molecule has 1 aromatic carbocycles. The van der Waals surface area contributed by atoms with Gasteiger partial charge in [0.1, 0.15) is 5.76 Å². The first-order valence-electron chi connectivity index (χ1n) is 12.9. The lowest BCUT2D eigenvalue weighted by Crippen LogP contribution is -2.42. The Labute approximate surface area is 203 Å². The normalized spacial score (nSPS) is 19.4. The van der Waals surface area contributed by atoms with Crippen molar-refractivity contribution >= 4 is 11.9 Å². The highest BCUT2D eigenvalue weighted by Crippen LogP contribution is 2.27. The van der Waals surface area contributed by atoms with E-state index in [1.54, 1.807) is 11.0 Å². The van der Waals surface area contributed by atoms with Crippen molar-refractivity contribution in [2.75, 3.05) is 19.7 Å². The van der Waals surface area contributed by atoms with Gasteiger partial charge in [-0.2, -0.15) is 0 Å². The monoisotopic (exact) mass is 466 g/mol. The van der Waals surface area contributed by atoms with Gasteiger partial charge in [0.25, 0.3) is 5.91 Å². The summed E-state index contributed by atoms with van der Waals surface area (Å²) in [6.45, 7) is 6.96. The molecule has 1 saturated carbocycles. The molecule has 1 amide bonds. The molecule has 2 fully saturated rings. The molecule has 2 heterocycles. The van der Waals surface area contributed by atoms with Gasteiger partial charge in [-0.15, -0.1) is 0 Å². The Morgan fingerprint density at radius 2 is 1.82 bits per heavy atom. The van der Waals surface area contributed by atoms with Crippen molar-refractivity contribution in [3.63, 3.8) is 0 Å². The van der Waals surface area contributed by atoms with Crippen LogP contribution in [0.1, 0.15) is 79.3 Å². The summed E-state index contributed by atoms with van der Waals surface area (Å²) in [7, 11) is 0. The van der Waals surface area contributed by atoms with Crippen molar-refractivity contribution in [2.45, 2.75) is 77.9 Å². The van der Waals surface area contributed by atoms with Crippen molar-refractivity contribution in [3.05, 3.63) is 59.0 Å². The lowest BCUT2D eigenvalue weighted by Gasteiger charge is -2.34. The van der Waals surface area contributed by atoms with Crippen LogP contribution in [0.3, 0.4) is 0 Å². The number of hydrogen-bond donors (Lipinski definition) is 0. The molecule has 2 aliphatic rings. The standard InChI is InChI=1S/C28H38N2O4/c1-3-33-28(32)23-12-9-17-29(19-23)27(31)26-16-15-25(34-26)20-30(24-13-5-4-6-14-24)18-22-11-8-7-10-21(22)2/h7-8,10-11,15-16,23-24H,3-6,9,12-14,17-20H2,1-2H3. The van der Waals surface area contributed by atoms with Crippen molar-refractivity contribution < 1.29 is 18.7 Å². The third-order valence-corrected chi connectivity index (χ3v) is 7.29. The number of hydrogen-bond acceptors (Lipinski definition) is 5. The van der Waals surface area contributed by atoms with E-state index in [9.17, 15) is 9.59 Å². The van der Waals surface area contributed by atoms with E-state index in [0.717, 1.165) is 25.1 Å². The highest BCUT2D eigenvalue weighted by Gasteiger charge is 2.31. The molecule has 6 heteroatoms. The molecule has 34 heavy (non-hydrogen) atoms. The van der Waals surface area contributed by atoms with Crippen LogP contribution >= 0.6 is 0 Å². The number of likely N-dealkylation sites (tertiary alicyclic amines) is 1. The zero-order valence-electron chi connectivity index (χ0n) is 20.6. The van der Waals surface area contributed by atoms with Crippen LogP contribution in [0.15, 0.2) is 40.8 Å². The summed E-state index contributed by atoms with van der Waals surface area (Å²) < 4.78 is 11.3. The first-order valence-corrected chi connectivity index (χ1v) is 12.9. The number of carbonyl (C=O) groups is 2. The Hall–Kier alpha value is -2.60. The zero-order valence-corrected chi connectivity index (χ0v) is 20.6. The summed E-state index contributed by atoms with van der Waals surface area (Å²) in [6.07, 6.45) is 7.84. The molecular formula is C28H38N2O4. The first-order chi connectivity index (χ1) is 16.5. The second-order valence-electron chi connectivity index (χ2n) is 9.73. The molecule has 1 atom stereocenters. The SMILES string of the molecule is CCOC(=O)C1CCCN(C(=O)c2ccc(CN(Cc3ccccc3C)C3CCCCC3)o2)C1. The van der Waals surface area contributed by atoms with Gasteiger partial charge in [0.05, 0.1) is 19.1 Å². The van der Waals surface area contributed by atoms with Crippen LogP contribution in [0.2, 0.25) is 0 Å². The average molecular weight is 467 g/mol. The molecule has 1 unspecified atom stereocenters. The van der Waals surface area contributed by atoms with E-state index < -0.39 is 0 Å². The van der Waals surface area contributed by atoms with Gasteiger partial charge in [0.15, 0.2) is 5.76 Å². The first kappa shape index (κ1) is 24.5. The van der Waals surface area contributed by atoms with E-state index in [0.29, 0.717) is 38.0 Å². The Kier molecular flexibility index (Phi) is 8.44. The number of amides is 1. The Morgan fingerprint density at radius 3 is 2.59 bits per heavy atom. The van der Waals surface area contributed by atoms with Gasteiger partial charge in [0.2, 0.25) is 0 Å². The topological polar surface area (TPSA) is 63.0 Å². The molecule has 0 N–H and O–H groups in total. The number of nitrogens with zero attached hydrogens (tertiary/aromatic N) is 2. The molecule has 0 bridgehead atoms. The van der Waals surface area contributed by atoms with E-state index in [4.69, 9.17) is 9.15 Å². The van der Waals surface area contributed by atoms with Gasteiger partial charge >= 0.3 is 5.97 Å². The van der Waals surface area contributed by atoms with Crippen LogP contribution < -0.4 is 0 Å². The third-order valence-electron chi connectivity index (χ3n) is 7.29. The van der Waals surface area contributed by atoms with E-state index in [1.807, 2.05) is 13.0 Å². The fraction of sp³-hybridized carbons (Fsp3) is 0.571. The van der Waals surface area contributed by atoms with Crippen LogP contribution in [-0.4, -0.2) is 47.4 Å². The smallest absolute Gasteiger partial charge is 0.310 e. The number of aryl methyl sites for hydroxylation is 1. The van der Waals surface area contributed by atoms with E-state index in [-0.39, 0.29) is 17.8 Å².